The summed E-state index contributed by atoms with van der Waals surface area (Å²) in [7, 11) is 2.04. The van der Waals surface area contributed by atoms with Crippen LogP contribution in [0.1, 0.15) is 44.9 Å². The van der Waals surface area contributed by atoms with Crippen LogP contribution in [-0.2, 0) is 16.6 Å². The molecule has 3 heterocycles. The fraction of sp³-hybridized carbons (Fsp3) is 0.778. The second-order valence-corrected chi connectivity index (χ2v) is 7.34. The summed E-state index contributed by atoms with van der Waals surface area (Å²) in [4.78, 5) is 21.5. The van der Waals surface area contributed by atoms with Gasteiger partial charge in [-0.1, -0.05) is 0 Å². The van der Waals surface area contributed by atoms with Crippen molar-refractivity contribution in [1.29, 1.82) is 0 Å². The molecule has 0 N–H and O–H groups in total. The lowest BCUT2D eigenvalue weighted by molar-refractivity contribution is -0.137. The highest BCUT2D eigenvalue weighted by Crippen LogP contribution is 2.27. The molecule has 6 nitrogen and oxygen atoms in total. The zero-order valence-electron chi connectivity index (χ0n) is 15.1. The van der Waals surface area contributed by atoms with Gasteiger partial charge in [-0.3, -0.25) is 9.69 Å². The Hall–Kier alpha value is -1.40. The lowest BCUT2D eigenvalue weighted by Gasteiger charge is -2.37. The van der Waals surface area contributed by atoms with Gasteiger partial charge in [0.05, 0.1) is 19.1 Å². The molecule has 0 aromatic carbocycles. The fourth-order valence-corrected chi connectivity index (χ4v) is 3.82. The number of hydrogen-bond donors (Lipinski definition) is 0. The smallest absolute Gasteiger partial charge is 0.225 e. The number of carbonyl (C=O) groups is 1. The second-order valence-electron chi connectivity index (χ2n) is 7.34. The number of likely N-dealkylation sites (tertiary alicyclic amines) is 1. The lowest BCUT2D eigenvalue weighted by Crippen LogP contribution is -2.48. The molecular weight excluding hydrogens is 304 g/mol. The van der Waals surface area contributed by atoms with E-state index in [0.29, 0.717) is 18.4 Å². The average Bonchev–Trinajstić information content (AvgIpc) is 3.01. The summed E-state index contributed by atoms with van der Waals surface area (Å²) in [6.45, 7) is 8.63. The first kappa shape index (κ1) is 17.4. The summed E-state index contributed by atoms with van der Waals surface area (Å²) < 4.78 is 7.91. The van der Waals surface area contributed by atoms with Gasteiger partial charge in [0.15, 0.2) is 0 Å². The second kappa shape index (κ2) is 7.66. The normalized spacial score (nSPS) is 23.8. The zero-order chi connectivity index (χ0) is 17.1. The molecule has 0 bridgehead atoms. The van der Waals surface area contributed by atoms with E-state index in [0.717, 1.165) is 51.5 Å². The highest BCUT2D eigenvalue weighted by Gasteiger charge is 2.29. The predicted molar refractivity (Wildman–Crippen MR) is 92.8 cm³/mol. The van der Waals surface area contributed by atoms with Crippen LogP contribution in [-0.4, -0.2) is 70.2 Å². The number of hydrogen-bond acceptors (Lipinski definition) is 4. The largest absolute Gasteiger partial charge is 0.375 e. The third-order valence-corrected chi connectivity index (χ3v) is 5.37. The summed E-state index contributed by atoms with van der Waals surface area (Å²) in [6, 6.07) is 0.514. The maximum absolute atomic E-state index is 12.6. The van der Waals surface area contributed by atoms with Gasteiger partial charge in [-0.2, -0.15) is 0 Å². The molecule has 0 unspecified atom stereocenters. The zero-order valence-corrected chi connectivity index (χ0v) is 15.1. The number of aromatic nitrogens is 2. The molecule has 0 radical (unpaired) electrons. The third-order valence-electron chi connectivity index (χ3n) is 5.37. The Bertz CT molecular complexity index is 549. The van der Waals surface area contributed by atoms with Crippen molar-refractivity contribution in [2.24, 2.45) is 7.05 Å². The number of rotatable bonds is 4. The molecule has 0 saturated carbocycles. The van der Waals surface area contributed by atoms with E-state index in [1.165, 1.54) is 0 Å². The van der Waals surface area contributed by atoms with E-state index in [-0.39, 0.29) is 12.0 Å². The van der Waals surface area contributed by atoms with Crippen molar-refractivity contribution >= 4 is 5.91 Å². The SMILES string of the molecule is CC(C)N1CCO[C@@H](CC(=O)N2CCC(c3nccn3C)CC2)C1. The first-order valence-corrected chi connectivity index (χ1v) is 9.15. The van der Waals surface area contributed by atoms with Gasteiger partial charge in [-0.25, -0.2) is 4.98 Å². The number of aryl methyl sites for hydroxylation is 1. The molecule has 0 aliphatic carbocycles. The molecule has 24 heavy (non-hydrogen) atoms. The Labute approximate surface area is 144 Å². The lowest BCUT2D eigenvalue weighted by atomic mass is 9.95. The molecule has 1 aromatic heterocycles. The molecule has 2 fully saturated rings. The molecule has 1 aromatic rings. The highest BCUT2D eigenvalue weighted by atomic mass is 16.5. The predicted octanol–water partition coefficient (Wildman–Crippen LogP) is 1.63. The minimum Gasteiger partial charge on any atom is -0.375 e. The van der Waals surface area contributed by atoms with Crippen LogP contribution < -0.4 is 0 Å². The summed E-state index contributed by atoms with van der Waals surface area (Å²) >= 11 is 0. The molecule has 2 aliphatic rings. The molecular formula is C18H30N4O2. The number of morpholine rings is 1. The van der Waals surface area contributed by atoms with E-state index < -0.39 is 0 Å². The number of nitrogens with zero attached hydrogens (tertiary/aromatic N) is 4. The van der Waals surface area contributed by atoms with Crippen LogP contribution in [0.2, 0.25) is 0 Å². The van der Waals surface area contributed by atoms with Crippen molar-refractivity contribution in [3.8, 4) is 0 Å². The molecule has 2 saturated heterocycles. The fourth-order valence-electron chi connectivity index (χ4n) is 3.82. The number of imidazole rings is 1. The van der Waals surface area contributed by atoms with Crippen LogP contribution in [0.15, 0.2) is 12.4 Å². The van der Waals surface area contributed by atoms with Crippen LogP contribution in [0.5, 0.6) is 0 Å². The van der Waals surface area contributed by atoms with Gasteiger partial charge < -0.3 is 14.2 Å². The van der Waals surface area contributed by atoms with Crippen molar-refractivity contribution in [3.63, 3.8) is 0 Å². The van der Waals surface area contributed by atoms with E-state index in [9.17, 15) is 4.79 Å². The molecule has 0 spiro atoms. The summed E-state index contributed by atoms with van der Waals surface area (Å²) in [5.41, 5.74) is 0. The van der Waals surface area contributed by atoms with E-state index in [1.54, 1.807) is 0 Å². The topological polar surface area (TPSA) is 50.6 Å². The molecule has 1 amide bonds. The van der Waals surface area contributed by atoms with Crippen LogP contribution in [0.4, 0.5) is 0 Å². The van der Waals surface area contributed by atoms with Crippen LogP contribution >= 0.6 is 0 Å². The maximum Gasteiger partial charge on any atom is 0.225 e. The molecule has 3 rings (SSSR count). The Morgan fingerprint density at radius 1 is 1.33 bits per heavy atom. The Morgan fingerprint density at radius 2 is 2.08 bits per heavy atom. The van der Waals surface area contributed by atoms with Crippen molar-refractivity contribution < 1.29 is 9.53 Å². The molecule has 1 atom stereocenters. The number of ether oxygens (including phenoxy) is 1. The Morgan fingerprint density at radius 3 is 2.71 bits per heavy atom. The molecule has 134 valence electrons. The third kappa shape index (κ3) is 3.98. The minimum atomic E-state index is 0.0425. The van der Waals surface area contributed by atoms with Gasteiger partial charge >= 0.3 is 0 Å². The average molecular weight is 334 g/mol. The highest BCUT2D eigenvalue weighted by molar-refractivity contribution is 5.76. The first-order valence-electron chi connectivity index (χ1n) is 9.15. The molecule has 2 aliphatic heterocycles. The maximum atomic E-state index is 12.6. The summed E-state index contributed by atoms with van der Waals surface area (Å²) in [6.07, 6.45) is 6.40. The van der Waals surface area contributed by atoms with Crippen molar-refractivity contribution in [2.45, 2.75) is 51.2 Å². The summed E-state index contributed by atoms with van der Waals surface area (Å²) in [5.74, 6) is 1.85. The van der Waals surface area contributed by atoms with E-state index >= 15 is 0 Å². The van der Waals surface area contributed by atoms with Gasteiger partial charge in [0.2, 0.25) is 5.91 Å². The monoisotopic (exact) mass is 334 g/mol. The van der Waals surface area contributed by atoms with Gasteiger partial charge in [0, 0.05) is 57.6 Å². The minimum absolute atomic E-state index is 0.0425. The quantitative estimate of drug-likeness (QED) is 0.840. The van der Waals surface area contributed by atoms with E-state index in [1.807, 2.05) is 24.3 Å². The first-order chi connectivity index (χ1) is 11.5. The van der Waals surface area contributed by atoms with Crippen molar-refractivity contribution in [3.05, 3.63) is 18.2 Å². The number of amides is 1. The van der Waals surface area contributed by atoms with Crippen LogP contribution in [0.3, 0.4) is 0 Å². The van der Waals surface area contributed by atoms with E-state index in [4.69, 9.17) is 4.74 Å². The van der Waals surface area contributed by atoms with E-state index in [2.05, 4.69) is 28.3 Å². The van der Waals surface area contributed by atoms with Gasteiger partial charge in [-0.15, -0.1) is 0 Å². The van der Waals surface area contributed by atoms with Crippen LogP contribution in [0, 0.1) is 0 Å². The van der Waals surface area contributed by atoms with Gasteiger partial charge in [0.25, 0.3) is 0 Å². The van der Waals surface area contributed by atoms with Crippen molar-refractivity contribution in [2.75, 3.05) is 32.8 Å². The molecule has 6 heteroatoms. The standard InChI is InChI=1S/C18H30N4O2/c1-14(2)22-10-11-24-16(13-22)12-17(23)21-7-4-15(5-8-21)18-19-6-9-20(18)3/h6,9,14-16H,4-5,7-8,10-13H2,1-3H3/t16-/m0/s1. The van der Waals surface area contributed by atoms with Crippen molar-refractivity contribution in [1.82, 2.24) is 19.4 Å². The van der Waals surface area contributed by atoms with Gasteiger partial charge in [-0.05, 0) is 26.7 Å². The van der Waals surface area contributed by atoms with Gasteiger partial charge in [0.1, 0.15) is 5.82 Å². The number of piperidine rings is 1. The summed E-state index contributed by atoms with van der Waals surface area (Å²) in [5, 5.41) is 0. The number of carbonyl (C=O) groups excluding carboxylic acids is 1. The Balaban J connectivity index is 1.48. The Kier molecular flexibility index (Phi) is 5.56. The van der Waals surface area contributed by atoms with Crippen LogP contribution in [0.25, 0.3) is 0 Å².